The number of hydrogen-bond acceptors (Lipinski definition) is 4. The third-order valence-electron chi connectivity index (χ3n) is 1.70. The first kappa shape index (κ1) is 10.7. The lowest BCUT2D eigenvalue weighted by molar-refractivity contribution is 0.0855. The Balaban J connectivity index is 2.41. The number of aromatic nitrogens is 2. The van der Waals surface area contributed by atoms with Crippen molar-refractivity contribution in [1.82, 2.24) is 9.97 Å². The highest BCUT2D eigenvalue weighted by Gasteiger charge is 2.00. The van der Waals surface area contributed by atoms with E-state index in [1.807, 2.05) is 13.8 Å². The molecule has 0 amide bonds. The average Bonchev–Trinajstić information content (AvgIpc) is 2.15. The van der Waals surface area contributed by atoms with Gasteiger partial charge in [0.15, 0.2) is 0 Å². The van der Waals surface area contributed by atoms with Gasteiger partial charge in [-0.15, -0.1) is 0 Å². The van der Waals surface area contributed by atoms with Crippen molar-refractivity contribution in [2.75, 3.05) is 18.5 Å². The molecule has 1 rings (SSSR count). The number of nitrogens with one attached hydrogen (secondary N) is 2. The van der Waals surface area contributed by atoms with Crippen LogP contribution in [0.4, 0.5) is 5.82 Å². The highest BCUT2D eigenvalue weighted by molar-refractivity contribution is 5.31. The first-order chi connectivity index (χ1) is 6.72. The van der Waals surface area contributed by atoms with E-state index in [0.717, 1.165) is 0 Å². The molecule has 0 radical (unpaired) electrons. The van der Waals surface area contributed by atoms with Crippen molar-refractivity contribution in [2.45, 2.75) is 20.0 Å². The first-order valence-corrected chi connectivity index (χ1v) is 4.62. The Morgan fingerprint density at radius 2 is 2.50 bits per heavy atom. The predicted octanol–water partition coefficient (Wildman–Crippen LogP) is 0.607. The second-order valence-corrected chi connectivity index (χ2v) is 2.94. The van der Waals surface area contributed by atoms with Gasteiger partial charge in [0.05, 0.1) is 12.4 Å². The van der Waals surface area contributed by atoms with E-state index >= 15 is 0 Å². The molecule has 2 N–H and O–H groups in total. The van der Waals surface area contributed by atoms with Crippen molar-refractivity contribution in [3.05, 3.63) is 22.7 Å². The summed E-state index contributed by atoms with van der Waals surface area (Å²) in [5.74, 6) is 0.570. The Morgan fingerprint density at radius 1 is 1.71 bits per heavy atom. The van der Waals surface area contributed by atoms with E-state index in [0.29, 0.717) is 19.0 Å². The van der Waals surface area contributed by atoms with Crippen molar-refractivity contribution in [2.24, 2.45) is 0 Å². The van der Waals surface area contributed by atoms with Gasteiger partial charge >= 0.3 is 0 Å². The fourth-order valence-corrected chi connectivity index (χ4v) is 1.06. The largest absolute Gasteiger partial charge is 0.377 e. The smallest absolute Gasteiger partial charge is 0.252 e. The maximum Gasteiger partial charge on any atom is 0.252 e. The molecule has 0 saturated carbocycles. The monoisotopic (exact) mass is 197 g/mol. The number of ether oxygens (including phenoxy) is 1. The molecule has 5 nitrogen and oxygen atoms in total. The first-order valence-electron chi connectivity index (χ1n) is 4.62. The molecule has 0 saturated heterocycles. The van der Waals surface area contributed by atoms with Crippen LogP contribution in [0.2, 0.25) is 0 Å². The highest BCUT2D eigenvalue weighted by atomic mass is 16.5. The molecule has 78 valence electrons. The van der Waals surface area contributed by atoms with Crippen LogP contribution in [-0.4, -0.2) is 29.2 Å². The third-order valence-corrected chi connectivity index (χ3v) is 1.70. The van der Waals surface area contributed by atoms with Gasteiger partial charge in [-0.05, 0) is 13.8 Å². The van der Waals surface area contributed by atoms with Crippen LogP contribution in [0.1, 0.15) is 13.8 Å². The van der Waals surface area contributed by atoms with Crippen molar-refractivity contribution in [1.29, 1.82) is 0 Å². The second kappa shape index (κ2) is 5.39. The summed E-state index contributed by atoms with van der Waals surface area (Å²) in [6.07, 6.45) is 1.48. The minimum absolute atomic E-state index is 0.112. The van der Waals surface area contributed by atoms with Crippen molar-refractivity contribution in [3.63, 3.8) is 0 Å². The van der Waals surface area contributed by atoms with Gasteiger partial charge in [0.2, 0.25) is 0 Å². The fraction of sp³-hybridized carbons (Fsp3) is 0.556. The summed E-state index contributed by atoms with van der Waals surface area (Å²) in [4.78, 5) is 17.3. The molecule has 1 heterocycles. The van der Waals surface area contributed by atoms with E-state index < -0.39 is 0 Å². The molecule has 0 aromatic carbocycles. The number of aromatic amines is 1. The van der Waals surface area contributed by atoms with E-state index in [4.69, 9.17) is 4.74 Å². The summed E-state index contributed by atoms with van der Waals surface area (Å²) in [7, 11) is 0. The lowest BCUT2D eigenvalue weighted by Crippen LogP contribution is -2.21. The Bertz CT molecular complexity index is 324. The second-order valence-electron chi connectivity index (χ2n) is 2.94. The molecular formula is C9H15N3O2. The molecule has 1 aromatic heterocycles. The fourth-order valence-electron chi connectivity index (χ4n) is 1.06. The zero-order valence-corrected chi connectivity index (χ0v) is 8.41. The maximum atomic E-state index is 10.9. The predicted molar refractivity (Wildman–Crippen MR) is 54.4 cm³/mol. The lowest BCUT2D eigenvalue weighted by Gasteiger charge is -2.12. The summed E-state index contributed by atoms with van der Waals surface area (Å²) < 4.78 is 5.32. The molecule has 0 spiro atoms. The van der Waals surface area contributed by atoms with Crippen molar-refractivity contribution >= 4 is 5.82 Å². The summed E-state index contributed by atoms with van der Waals surface area (Å²) in [5.41, 5.74) is -0.161. The number of anilines is 1. The molecule has 0 aliphatic carbocycles. The van der Waals surface area contributed by atoms with Crippen LogP contribution >= 0.6 is 0 Å². The quantitative estimate of drug-likeness (QED) is 0.725. The van der Waals surface area contributed by atoms with Crippen LogP contribution in [0.25, 0.3) is 0 Å². The van der Waals surface area contributed by atoms with Gasteiger partial charge in [-0.2, -0.15) is 0 Å². The van der Waals surface area contributed by atoms with Crippen LogP contribution in [0.5, 0.6) is 0 Å². The van der Waals surface area contributed by atoms with Gasteiger partial charge in [-0.1, -0.05) is 0 Å². The number of hydrogen-bond donors (Lipinski definition) is 2. The van der Waals surface area contributed by atoms with Crippen molar-refractivity contribution in [3.8, 4) is 0 Å². The van der Waals surface area contributed by atoms with E-state index in [-0.39, 0.29) is 11.7 Å². The molecule has 0 aliphatic heterocycles. The molecule has 1 aromatic rings. The number of nitrogens with zero attached hydrogens (tertiary/aromatic N) is 1. The topological polar surface area (TPSA) is 67.0 Å². The van der Waals surface area contributed by atoms with E-state index in [1.54, 1.807) is 0 Å². The normalized spacial score (nSPS) is 12.4. The van der Waals surface area contributed by atoms with Crippen molar-refractivity contribution < 1.29 is 4.74 Å². The Morgan fingerprint density at radius 3 is 3.14 bits per heavy atom. The lowest BCUT2D eigenvalue weighted by atomic mass is 10.4. The molecule has 0 bridgehead atoms. The number of H-pyrrole nitrogens is 1. The molecular weight excluding hydrogens is 182 g/mol. The Labute approximate surface area is 82.5 Å². The minimum Gasteiger partial charge on any atom is -0.377 e. The molecule has 1 unspecified atom stereocenters. The summed E-state index contributed by atoms with van der Waals surface area (Å²) in [6, 6.07) is 1.42. The van der Waals surface area contributed by atoms with Gasteiger partial charge < -0.3 is 15.0 Å². The average molecular weight is 197 g/mol. The summed E-state index contributed by atoms with van der Waals surface area (Å²) in [6.45, 7) is 5.24. The van der Waals surface area contributed by atoms with Gasteiger partial charge in [0.25, 0.3) is 5.56 Å². The molecule has 5 heteroatoms. The molecule has 0 fully saturated rings. The Kier molecular flexibility index (Phi) is 4.12. The van der Waals surface area contributed by atoms with Crippen LogP contribution in [0.15, 0.2) is 17.2 Å². The molecule has 1 atom stereocenters. The highest BCUT2D eigenvalue weighted by Crippen LogP contribution is 1.97. The minimum atomic E-state index is -0.161. The standard InChI is InChI=1S/C9H15N3O2/c1-3-14-7(2)5-10-8-4-9(13)12-6-11-8/h4,6-7H,3,5H2,1-2H3,(H2,10,11,12,13). The molecule has 0 aliphatic rings. The maximum absolute atomic E-state index is 10.9. The van der Waals surface area contributed by atoms with Gasteiger partial charge in [0, 0.05) is 19.2 Å². The van der Waals surface area contributed by atoms with Gasteiger partial charge in [0.1, 0.15) is 5.82 Å². The van der Waals surface area contributed by atoms with Gasteiger partial charge in [-0.25, -0.2) is 4.98 Å². The van der Waals surface area contributed by atoms with E-state index in [1.165, 1.54) is 12.4 Å². The summed E-state index contributed by atoms with van der Waals surface area (Å²) in [5, 5.41) is 3.01. The van der Waals surface area contributed by atoms with Crippen LogP contribution in [0.3, 0.4) is 0 Å². The number of rotatable bonds is 5. The van der Waals surface area contributed by atoms with Crippen LogP contribution in [-0.2, 0) is 4.74 Å². The zero-order chi connectivity index (χ0) is 10.4. The van der Waals surface area contributed by atoms with E-state index in [9.17, 15) is 4.79 Å². The van der Waals surface area contributed by atoms with Crippen LogP contribution < -0.4 is 10.9 Å². The SMILES string of the molecule is CCOC(C)CNc1cc(=O)[nH]cn1. The van der Waals surface area contributed by atoms with Gasteiger partial charge in [-0.3, -0.25) is 4.79 Å². The third kappa shape index (κ3) is 3.57. The van der Waals surface area contributed by atoms with E-state index in [2.05, 4.69) is 15.3 Å². The summed E-state index contributed by atoms with van der Waals surface area (Å²) >= 11 is 0. The van der Waals surface area contributed by atoms with Crippen LogP contribution in [0, 0.1) is 0 Å². The Hall–Kier alpha value is -1.36. The zero-order valence-electron chi connectivity index (χ0n) is 8.41. The molecule has 14 heavy (non-hydrogen) atoms.